The van der Waals surface area contributed by atoms with Crippen LogP contribution in [0.4, 0.5) is 20.2 Å². The Morgan fingerprint density at radius 3 is 2.47 bits per heavy atom. The summed E-state index contributed by atoms with van der Waals surface area (Å²) >= 11 is 5.10. The Morgan fingerprint density at radius 2 is 1.74 bits per heavy atom. The summed E-state index contributed by atoms with van der Waals surface area (Å²) in [6, 6.07) is 10.3. The van der Waals surface area contributed by atoms with Crippen molar-refractivity contribution in [2.75, 3.05) is 10.6 Å². The van der Waals surface area contributed by atoms with E-state index < -0.39 is 0 Å². The normalized spacial score (nSPS) is 10.1. The maximum absolute atomic E-state index is 13.1. The van der Waals surface area contributed by atoms with E-state index in [0.29, 0.717) is 11.4 Å². The molecule has 2 aromatic rings. The van der Waals surface area contributed by atoms with Gasteiger partial charge in [-0.3, -0.25) is 0 Å². The summed E-state index contributed by atoms with van der Waals surface area (Å²) in [7, 11) is 0. The summed E-state index contributed by atoms with van der Waals surface area (Å²) in [5.74, 6) is -0.698. The van der Waals surface area contributed by atoms with Crippen LogP contribution in [0.5, 0.6) is 0 Å². The molecule has 98 valence electrons. The maximum atomic E-state index is 13.1. The van der Waals surface area contributed by atoms with Crippen LogP contribution in [0.2, 0.25) is 0 Å². The minimum Gasteiger partial charge on any atom is -0.332 e. The number of halogens is 2. The second kappa shape index (κ2) is 5.75. The number of benzene rings is 2. The van der Waals surface area contributed by atoms with E-state index in [1.165, 1.54) is 24.3 Å². The van der Waals surface area contributed by atoms with Crippen LogP contribution in [0, 0.1) is 18.6 Å². The molecule has 0 aliphatic heterocycles. The van der Waals surface area contributed by atoms with E-state index >= 15 is 0 Å². The SMILES string of the molecule is Cc1ccc(F)cc1NC(=S)Nc1cccc(F)c1. The molecule has 19 heavy (non-hydrogen) atoms. The van der Waals surface area contributed by atoms with Gasteiger partial charge in [0.15, 0.2) is 5.11 Å². The molecule has 0 saturated carbocycles. The smallest absolute Gasteiger partial charge is 0.175 e. The molecule has 0 aromatic heterocycles. The van der Waals surface area contributed by atoms with E-state index in [-0.39, 0.29) is 16.7 Å². The van der Waals surface area contributed by atoms with Gasteiger partial charge in [0.2, 0.25) is 0 Å². The van der Waals surface area contributed by atoms with Crippen LogP contribution in [0.25, 0.3) is 0 Å². The number of aryl methyl sites for hydroxylation is 1. The molecule has 0 unspecified atom stereocenters. The van der Waals surface area contributed by atoms with E-state index in [0.717, 1.165) is 5.56 Å². The minimum absolute atomic E-state index is 0.277. The summed E-state index contributed by atoms with van der Waals surface area (Å²) in [4.78, 5) is 0. The molecule has 0 radical (unpaired) electrons. The van der Waals surface area contributed by atoms with Gasteiger partial charge in [-0.05, 0) is 55.0 Å². The van der Waals surface area contributed by atoms with E-state index in [4.69, 9.17) is 12.2 Å². The van der Waals surface area contributed by atoms with Crippen LogP contribution in [-0.2, 0) is 0 Å². The highest BCUT2D eigenvalue weighted by Crippen LogP contribution is 2.17. The number of nitrogens with one attached hydrogen (secondary N) is 2. The third-order valence-electron chi connectivity index (χ3n) is 2.53. The molecule has 0 spiro atoms. The summed E-state index contributed by atoms with van der Waals surface area (Å²) < 4.78 is 26.1. The molecule has 0 bridgehead atoms. The van der Waals surface area contributed by atoms with Gasteiger partial charge in [-0.1, -0.05) is 12.1 Å². The van der Waals surface area contributed by atoms with Gasteiger partial charge in [-0.25, -0.2) is 8.78 Å². The molecular weight excluding hydrogens is 266 g/mol. The standard InChI is InChI=1S/C14H12F2N2S/c1-9-5-6-11(16)8-13(9)18-14(19)17-12-4-2-3-10(15)7-12/h2-8H,1H3,(H2,17,18,19). The molecule has 0 atom stereocenters. The molecule has 0 aliphatic rings. The minimum atomic E-state index is -0.352. The number of rotatable bonds is 2. The van der Waals surface area contributed by atoms with Gasteiger partial charge in [-0.15, -0.1) is 0 Å². The fraction of sp³-hybridized carbons (Fsp3) is 0.0714. The van der Waals surface area contributed by atoms with Crippen LogP contribution in [0.1, 0.15) is 5.56 Å². The van der Waals surface area contributed by atoms with Crippen LogP contribution < -0.4 is 10.6 Å². The predicted molar refractivity (Wildman–Crippen MR) is 77.4 cm³/mol. The third-order valence-corrected chi connectivity index (χ3v) is 2.73. The van der Waals surface area contributed by atoms with Crippen molar-refractivity contribution in [2.24, 2.45) is 0 Å². The van der Waals surface area contributed by atoms with Gasteiger partial charge in [0.25, 0.3) is 0 Å². The zero-order valence-electron chi connectivity index (χ0n) is 10.2. The molecule has 2 nitrogen and oxygen atoms in total. The fourth-order valence-electron chi connectivity index (χ4n) is 1.58. The summed E-state index contributed by atoms with van der Waals surface area (Å²) in [6.07, 6.45) is 0. The van der Waals surface area contributed by atoms with Crippen LogP contribution in [-0.4, -0.2) is 5.11 Å². The van der Waals surface area contributed by atoms with Crippen LogP contribution in [0.3, 0.4) is 0 Å². The summed E-state index contributed by atoms with van der Waals surface area (Å²) in [6.45, 7) is 1.84. The van der Waals surface area contributed by atoms with Crippen molar-refractivity contribution in [2.45, 2.75) is 6.92 Å². The Balaban J connectivity index is 2.07. The molecule has 0 fully saturated rings. The van der Waals surface area contributed by atoms with E-state index in [1.807, 2.05) is 6.92 Å². The van der Waals surface area contributed by atoms with Gasteiger partial charge in [0, 0.05) is 11.4 Å². The lowest BCUT2D eigenvalue weighted by Crippen LogP contribution is -2.19. The van der Waals surface area contributed by atoms with Crippen molar-refractivity contribution >= 4 is 28.7 Å². The van der Waals surface area contributed by atoms with Crippen molar-refractivity contribution < 1.29 is 8.78 Å². The number of hydrogen-bond acceptors (Lipinski definition) is 1. The Bertz CT molecular complexity index is 614. The molecular formula is C14H12F2N2S. The molecule has 0 saturated heterocycles. The van der Waals surface area contributed by atoms with Crippen LogP contribution >= 0.6 is 12.2 Å². The van der Waals surface area contributed by atoms with Crippen LogP contribution in [0.15, 0.2) is 42.5 Å². The van der Waals surface area contributed by atoms with Gasteiger partial charge >= 0.3 is 0 Å². The molecule has 2 N–H and O–H groups in total. The largest absolute Gasteiger partial charge is 0.332 e. The zero-order valence-corrected chi connectivity index (χ0v) is 11.0. The number of hydrogen-bond donors (Lipinski definition) is 2. The summed E-state index contributed by atoms with van der Waals surface area (Å²) in [5.41, 5.74) is 1.98. The van der Waals surface area contributed by atoms with Crippen molar-refractivity contribution in [3.8, 4) is 0 Å². The molecule has 2 aromatic carbocycles. The monoisotopic (exact) mass is 278 g/mol. The second-order valence-electron chi connectivity index (χ2n) is 4.05. The maximum Gasteiger partial charge on any atom is 0.175 e. The Labute approximate surface area is 115 Å². The average molecular weight is 278 g/mol. The van der Waals surface area contributed by atoms with Gasteiger partial charge in [0.1, 0.15) is 11.6 Å². The van der Waals surface area contributed by atoms with Gasteiger partial charge in [-0.2, -0.15) is 0 Å². The number of thiocarbonyl (C=S) groups is 1. The van der Waals surface area contributed by atoms with E-state index in [9.17, 15) is 8.78 Å². The summed E-state index contributed by atoms with van der Waals surface area (Å²) in [5, 5.41) is 5.99. The first-order chi connectivity index (χ1) is 9.04. The molecule has 0 heterocycles. The quantitative estimate of drug-likeness (QED) is 0.809. The Kier molecular flexibility index (Phi) is 4.06. The zero-order chi connectivity index (χ0) is 13.8. The fourth-order valence-corrected chi connectivity index (χ4v) is 1.81. The highest BCUT2D eigenvalue weighted by molar-refractivity contribution is 7.80. The Hall–Kier alpha value is -2.01. The lowest BCUT2D eigenvalue weighted by atomic mass is 10.2. The first-order valence-electron chi connectivity index (χ1n) is 5.64. The van der Waals surface area contributed by atoms with Crippen molar-refractivity contribution in [3.05, 3.63) is 59.7 Å². The van der Waals surface area contributed by atoms with Gasteiger partial charge < -0.3 is 10.6 Å². The first-order valence-corrected chi connectivity index (χ1v) is 6.05. The average Bonchev–Trinajstić information content (AvgIpc) is 2.34. The van der Waals surface area contributed by atoms with E-state index in [2.05, 4.69) is 10.6 Å². The second-order valence-corrected chi connectivity index (χ2v) is 4.46. The molecule has 0 aliphatic carbocycles. The molecule has 5 heteroatoms. The molecule has 2 rings (SSSR count). The van der Waals surface area contributed by atoms with Crippen molar-refractivity contribution in [1.29, 1.82) is 0 Å². The van der Waals surface area contributed by atoms with Crippen molar-refractivity contribution in [3.63, 3.8) is 0 Å². The van der Waals surface area contributed by atoms with Gasteiger partial charge in [0.05, 0.1) is 0 Å². The Morgan fingerprint density at radius 1 is 1.00 bits per heavy atom. The topological polar surface area (TPSA) is 24.1 Å². The lowest BCUT2D eigenvalue weighted by Gasteiger charge is -2.12. The number of anilines is 2. The predicted octanol–water partition coefficient (Wildman–Crippen LogP) is 4.08. The first kappa shape index (κ1) is 13.4. The third kappa shape index (κ3) is 3.72. The lowest BCUT2D eigenvalue weighted by molar-refractivity contribution is 0.628. The van der Waals surface area contributed by atoms with E-state index in [1.54, 1.807) is 18.2 Å². The van der Waals surface area contributed by atoms with Crippen molar-refractivity contribution in [1.82, 2.24) is 0 Å². The highest BCUT2D eigenvalue weighted by Gasteiger charge is 2.03. The highest BCUT2D eigenvalue weighted by atomic mass is 32.1. The molecule has 0 amide bonds.